The molecule has 0 radical (unpaired) electrons. The molecule has 0 saturated heterocycles. The van der Waals surface area contributed by atoms with Gasteiger partial charge in [0.25, 0.3) is 0 Å². The Morgan fingerprint density at radius 1 is 1.10 bits per heavy atom. The summed E-state index contributed by atoms with van der Waals surface area (Å²) < 4.78 is 6.83. The molecule has 1 amide bonds. The number of para-hydroxylation sites is 1. The second-order valence-electron chi connectivity index (χ2n) is 6.64. The Morgan fingerprint density at radius 3 is 2.77 bits per heavy atom. The number of aromatic nitrogens is 3. The van der Waals surface area contributed by atoms with Gasteiger partial charge in [0.1, 0.15) is 16.6 Å². The summed E-state index contributed by atoms with van der Waals surface area (Å²) in [4.78, 5) is 26.9. The lowest BCUT2D eigenvalue weighted by Gasteiger charge is -2.04. The van der Waals surface area contributed by atoms with Crippen LogP contribution in [0.4, 0.5) is 5.82 Å². The molecule has 0 aliphatic heterocycles. The Kier molecular flexibility index (Phi) is 4.86. The van der Waals surface area contributed by atoms with E-state index in [0.29, 0.717) is 23.2 Å². The number of hydrogen-bond acceptors (Lipinski definition) is 7. The van der Waals surface area contributed by atoms with Crippen LogP contribution in [-0.4, -0.2) is 20.9 Å². The van der Waals surface area contributed by atoms with E-state index < -0.39 is 0 Å². The highest BCUT2D eigenvalue weighted by atomic mass is 32.1. The summed E-state index contributed by atoms with van der Waals surface area (Å²) in [5, 5.41) is 5.69. The van der Waals surface area contributed by atoms with Gasteiger partial charge in [-0.15, -0.1) is 22.7 Å². The number of carbonyl (C=O) groups excluding carboxylic acids is 1. The lowest BCUT2D eigenvalue weighted by Crippen LogP contribution is -2.16. The van der Waals surface area contributed by atoms with E-state index in [1.54, 1.807) is 34.9 Å². The Morgan fingerprint density at radius 2 is 2.00 bits per heavy atom. The number of thiophene rings is 1. The van der Waals surface area contributed by atoms with Gasteiger partial charge in [0.05, 0.1) is 27.2 Å². The van der Waals surface area contributed by atoms with Crippen LogP contribution in [0.3, 0.4) is 0 Å². The van der Waals surface area contributed by atoms with Crippen LogP contribution in [0.2, 0.25) is 0 Å². The quantitative estimate of drug-likeness (QED) is 0.393. The third-order valence-electron chi connectivity index (χ3n) is 4.52. The Bertz CT molecular complexity index is 1290. The number of hydrogen-bond donors (Lipinski definition) is 1. The zero-order valence-corrected chi connectivity index (χ0v) is 17.6. The smallest absolute Gasteiger partial charge is 0.236 e. The number of carbonyl (C=O) groups is 1. The summed E-state index contributed by atoms with van der Waals surface area (Å²) in [5.41, 5.74) is 2.52. The maximum absolute atomic E-state index is 12.5. The zero-order chi connectivity index (χ0) is 20.5. The van der Waals surface area contributed by atoms with E-state index in [9.17, 15) is 4.79 Å². The van der Waals surface area contributed by atoms with Gasteiger partial charge in [0.2, 0.25) is 11.8 Å². The van der Waals surface area contributed by atoms with Crippen molar-refractivity contribution in [1.82, 2.24) is 15.0 Å². The summed E-state index contributed by atoms with van der Waals surface area (Å²) in [7, 11) is 0. The molecule has 0 aliphatic rings. The predicted molar refractivity (Wildman–Crippen MR) is 120 cm³/mol. The fourth-order valence-electron chi connectivity index (χ4n) is 3.03. The van der Waals surface area contributed by atoms with Gasteiger partial charge in [-0.2, -0.15) is 0 Å². The molecule has 1 aromatic carbocycles. The molecule has 4 heterocycles. The Hall–Kier alpha value is -3.36. The molecule has 0 bridgehead atoms. The Balaban J connectivity index is 1.27. The molecule has 6 nitrogen and oxygen atoms in total. The molecule has 0 aliphatic carbocycles. The number of anilines is 1. The van der Waals surface area contributed by atoms with Gasteiger partial charge >= 0.3 is 0 Å². The molecule has 0 spiro atoms. The van der Waals surface area contributed by atoms with Crippen LogP contribution in [0.1, 0.15) is 11.5 Å². The van der Waals surface area contributed by atoms with E-state index >= 15 is 0 Å². The number of pyridine rings is 1. The molecule has 5 rings (SSSR count). The van der Waals surface area contributed by atoms with E-state index in [1.807, 2.05) is 54.8 Å². The number of nitrogens with one attached hydrogen (secondary N) is 1. The molecule has 8 heteroatoms. The van der Waals surface area contributed by atoms with Crippen molar-refractivity contribution in [3.8, 4) is 21.3 Å². The number of rotatable bonds is 5. The predicted octanol–water partition coefficient (Wildman–Crippen LogP) is 5.56. The number of aryl methyl sites for hydroxylation is 1. The summed E-state index contributed by atoms with van der Waals surface area (Å²) in [6.07, 6.45) is 1.85. The van der Waals surface area contributed by atoms with Crippen LogP contribution in [0.5, 0.6) is 0 Å². The molecule has 0 saturated carbocycles. The lowest BCUT2D eigenvalue weighted by atomic mass is 10.2. The van der Waals surface area contributed by atoms with Crippen molar-refractivity contribution in [1.29, 1.82) is 0 Å². The molecule has 4 aromatic heterocycles. The van der Waals surface area contributed by atoms with E-state index in [4.69, 9.17) is 4.42 Å². The summed E-state index contributed by atoms with van der Waals surface area (Å²) in [6, 6.07) is 15.6. The molecule has 30 heavy (non-hydrogen) atoms. The zero-order valence-electron chi connectivity index (χ0n) is 16.0. The van der Waals surface area contributed by atoms with Crippen molar-refractivity contribution in [2.45, 2.75) is 13.3 Å². The molecule has 0 fully saturated rings. The van der Waals surface area contributed by atoms with Gasteiger partial charge in [0.15, 0.2) is 0 Å². The molecule has 5 aromatic rings. The van der Waals surface area contributed by atoms with E-state index in [1.165, 1.54) is 0 Å². The first kappa shape index (κ1) is 18.7. The first-order valence-corrected chi connectivity index (χ1v) is 11.0. The van der Waals surface area contributed by atoms with Gasteiger partial charge in [-0.1, -0.05) is 18.2 Å². The third-order valence-corrected chi connectivity index (χ3v) is 6.47. The minimum atomic E-state index is -0.190. The number of benzene rings is 1. The SMILES string of the molecule is Cc1oc(-c2cccs2)nc1CC(=O)Nc1ccc(-c2nc3ccccc3s2)cn1. The van der Waals surface area contributed by atoms with Gasteiger partial charge < -0.3 is 9.73 Å². The highest BCUT2D eigenvalue weighted by Crippen LogP contribution is 2.30. The van der Waals surface area contributed by atoms with Gasteiger partial charge in [-0.3, -0.25) is 4.79 Å². The normalized spacial score (nSPS) is 11.1. The van der Waals surface area contributed by atoms with Crippen molar-refractivity contribution in [3.05, 3.63) is 71.6 Å². The van der Waals surface area contributed by atoms with Crippen LogP contribution in [0.15, 0.2) is 64.5 Å². The number of nitrogens with zero attached hydrogens (tertiary/aromatic N) is 3. The van der Waals surface area contributed by atoms with Crippen molar-refractivity contribution < 1.29 is 9.21 Å². The summed E-state index contributed by atoms with van der Waals surface area (Å²) in [6.45, 7) is 1.82. The Labute approximate surface area is 180 Å². The second kappa shape index (κ2) is 7.81. The van der Waals surface area contributed by atoms with Gasteiger partial charge in [-0.05, 0) is 42.6 Å². The van der Waals surface area contributed by atoms with Crippen LogP contribution in [-0.2, 0) is 11.2 Å². The van der Waals surface area contributed by atoms with Crippen molar-refractivity contribution in [2.24, 2.45) is 0 Å². The topological polar surface area (TPSA) is 80.9 Å². The van der Waals surface area contributed by atoms with Crippen LogP contribution < -0.4 is 5.32 Å². The molecular formula is C22H16N4O2S2. The number of amides is 1. The molecular weight excluding hydrogens is 416 g/mol. The van der Waals surface area contributed by atoms with E-state index in [-0.39, 0.29) is 12.3 Å². The number of oxazole rings is 1. The molecule has 148 valence electrons. The van der Waals surface area contributed by atoms with Gasteiger partial charge in [-0.25, -0.2) is 15.0 Å². The van der Waals surface area contributed by atoms with Crippen molar-refractivity contribution in [3.63, 3.8) is 0 Å². The summed E-state index contributed by atoms with van der Waals surface area (Å²) in [5.74, 6) is 1.49. The van der Waals surface area contributed by atoms with E-state index in [0.717, 1.165) is 25.7 Å². The minimum absolute atomic E-state index is 0.127. The van der Waals surface area contributed by atoms with Crippen molar-refractivity contribution >= 4 is 44.6 Å². The standard InChI is InChI=1S/C22H16N4O2S2/c1-13-16(24-21(28-13)18-7-4-10-29-18)11-20(27)26-19-9-8-14(12-23-19)22-25-15-5-2-3-6-17(15)30-22/h2-10,12H,11H2,1H3,(H,23,26,27). The van der Waals surface area contributed by atoms with Gasteiger partial charge in [0, 0.05) is 11.8 Å². The highest BCUT2D eigenvalue weighted by Gasteiger charge is 2.16. The first-order valence-electron chi connectivity index (χ1n) is 9.28. The number of thiazole rings is 1. The average molecular weight is 433 g/mol. The lowest BCUT2D eigenvalue weighted by molar-refractivity contribution is -0.115. The fourth-order valence-corrected chi connectivity index (χ4v) is 4.63. The minimum Gasteiger partial charge on any atom is -0.440 e. The van der Waals surface area contributed by atoms with Crippen molar-refractivity contribution in [2.75, 3.05) is 5.32 Å². The van der Waals surface area contributed by atoms with Crippen LogP contribution in [0, 0.1) is 6.92 Å². The first-order chi connectivity index (χ1) is 14.7. The molecule has 0 atom stereocenters. The number of fused-ring (bicyclic) bond motifs is 1. The fraction of sp³-hybridized carbons (Fsp3) is 0.0909. The molecule has 1 N–H and O–H groups in total. The monoisotopic (exact) mass is 432 g/mol. The largest absolute Gasteiger partial charge is 0.440 e. The summed E-state index contributed by atoms with van der Waals surface area (Å²) >= 11 is 3.17. The van der Waals surface area contributed by atoms with Crippen LogP contribution >= 0.6 is 22.7 Å². The van der Waals surface area contributed by atoms with E-state index in [2.05, 4.69) is 20.3 Å². The second-order valence-corrected chi connectivity index (χ2v) is 8.62. The third kappa shape index (κ3) is 3.74. The highest BCUT2D eigenvalue weighted by molar-refractivity contribution is 7.21. The molecule has 0 unspecified atom stereocenters. The maximum atomic E-state index is 12.5. The van der Waals surface area contributed by atoms with Crippen LogP contribution in [0.25, 0.3) is 31.6 Å². The average Bonchev–Trinajstić information content (AvgIpc) is 3.48. The maximum Gasteiger partial charge on any atom is 0.236 e.